The molecule has 0 radical (unpaired) electrons. The van der Waals surface area contributed by atoms with Gasteiger partial charge in [0.05, 0.1) is 30.7 Å². The van der Waals surface area contributed by atoms with Gasteiger partial charge in [0.1, 0.15) is 5.75 Å². The standard InChI is InChI=1S/C19H19N5O4S/c1-3-28-18(26)13-7-9-14(10-8-13)20-17(25)12-29-19-21-22-23-24(19)15-5-4-6-16(11-15)27-2/h4-11H,3,12H2,1-2H3,(H,20,25). The van der Waals surface area contributed by atoms with Crippen LogP contribution in [0, 0.1) is 0 Å². The normalized spacial score (nSPS) is 10.4. The van der Waals surface area contributed by atoms with Gasteiger partial charge in [-0.2, -0.15) is 4.68 Å². The molecule has 0 aliphatic heterocycles. The number of esters is 1. The number of tetrazole rings is 1. The van der Waals surface area contributed by atoms with Gasteiger partial charge in [0.15, 0.2) is 0 Å². The van der Waals surface area contributed by atoms with Crippen LogP contribution >= 0.6 is 11.8 Å². The molecule has 29 heavy (non-hydrogen) atoms. The zero-order valence-corrected chi connectivity index (χ0v) is 16.7. The van der Waals surface area contributed by atoms with Crippen LogP contribution in [-0.4, -0.2) is 51.6 Å². The molecule has 2 aromatic carbocycles. The van der Waals surface area contributed by atoms with E-state index >= 15 is 0 Å². The van der Waals surface area contributed by atoms with E-state index in [9.17, 15) is 9.59 Å². The molecular weight excluding hydrogens is 394 g/mol. The Balaban J connectivity index is 1.59. The monoisotopic (exact) mass is 413 g/mol. The second-order valence-electron chi connectivity index (χ2n) is 5.71. The van der Waals surface area contributed by atoms with Crippen LogP contribution in [0.2, 0.25) is 0 Å². The number of benzene rings is 2. The molecule has 1 amide bonds. The van der Waals surface area contributed by atoms with Crippen LogP contribution in [0.15, 0.2) is 53.7 Å². The van der Waals surface area contributed by atoms with Gasteiger partial charge in [-0.05, 0) is 53.7 Å². The highest BCUT2D eigenvalue weighted by Gasteiger charge is 2.13. The Morgan fingerprint density at radius 2 is 1.97 bits per heavy atom. The van der Waals surface area contributed by atoms with Crippen LogP contribution in [-0.2, 0) is 9.53 Å². The largest absolute Gasteiger partial charge is 0.497 e. The molecule has 0 aliphatic carbocycles. The van der Waals surface area contributed by atoms with Gasteiger partial charge >= 0.3 is 5.97 Å². The Bertz CT molecular complexity index is 990. The van der Waals surface area contributed by atoms with E-state index in [0.717, 1.165) is 5.69 Å². The summed E-state index contributed by atoms with van der Waals surface area (Å²) in [6, 6.07) is 13.8. The average Bonchev–Trinajstić information content (AvgIpc) is 3.22. The topological polar surface area (TPSA) is 108 Å². The zero-order chi connectivity index (χ0) is 20.6. The molecule has 0 unspecified atom stereocenters. The predicted molar refractivity (Wildman–Crippen MR) is 107 cm³/mol. The minimum Gasteiger partial charge on any atom is -0.497 e. The lowest BCUT2D eigenvalue weighted by Gasteiger charge is -2.07. The molecule has 9 nitrogen and oxygen atoms in total. The molecule has 0 saturated carbocycles. The molecule has 3 rings (SSSR count). The third-order valence-corrected chi connectivity index (χ3v) is 4.67. The molecule has 0 aliphatic rings. The van der Waals surface area contributed by atoms with Gasteiger partial charge in [-0.3, -0.25) is 4.79 Å². The van der Waals surface area contributed by atoms with Crippen LogP contribution in [0.4, 0.5) is 5.69 Å². The van der Waals surface area contributed by atoms with E-state index in [1.54, 1.807) is 44.4 Å². The van der Waals surface area contributed by atoms with Crippen LogP contribution in [0.3, 0.4) is 0 Å². The van der Waals surface area contributed by atoms with Gasteiger partial charge in [0.2, 0.25) is 11.1 Å². The van der Waals surface area contributed by atoms with Crippen LogP contribution in [0.5, 0.6) is 5.75 Å². The van der Waals surface area contributed by atoms with Crippen molar-refractivity contribution in [1.82, 2.24) is 20.2 Å². The summed E-state index contributed by atoms with van der Waals surface area (Å²) in [5.41, 5.74) is 1.74. The maximum absolute atomic E-state index is 12.3. The van der Waals surface area contributed by atoms with Crippen molar-refractivity contribution in [3.8, 4) is 11.4 Å². The molecule has 0 spiro atoms. The van der Waals surface area contributed by atoms with Gasteiger partial charge in [-0.25, -0.2) is 4.79 Å². The van der Waals surface area contributed by atoms with Gasteiger partial charge in [0, 0.05) is 11.8 Å². The Morgan fingerprint density at radius 1 is 1.17 bits per heavy atom. The molecule has 1 N–H and O–H groups in total. The Labute approximate surface area is 171 Å². The zero-order valence-electron chi connectivity index (χ0n) is 15.9. The van der Waals surface area contributed by atoms with Crippen LogP contribution in [0.25, 0.3) is 5.69 Å². The fourth-order valence-corrected chi connectivity index (χ4v) is 3.10. The summed E-state index contributed by atoms with van der Waals surface area (Å²) in [6.45, 7) is 2.05. The van der Waals surface area contributed by atoms with Crippen molar-refractivity contribution in [2.24, 2.45) is 0 Å². The summed E-state index contributed by atoms with van der Waals surface area (Å²) >= 11 is 1.20. The highest BCUT2D eigenvalue weighted by atomic mass is 32.2. The third kappa shape index (κ3) is 5.32. The van der Waals surface area contributed by atoms with Crippen molar-refractivity contribution in [3.63, 3.8) is 0 Å². The lowest BCUT2D eigenvalue weighted by atomic mass is 10.2. The number of hydrogen-bond donors (Lipinski definition) is 1. The Hall–Kier alpha value is -3.40. The molecule has 0 atom stereocenters. The highest BCUT2D eigenvalue weighted by molar-refractivity contribution is 7.99. The number of nitrogens with one attached hydrogen (secondary N) is 1. The second-order valence-corrected chi connectivity index (χ2v) is 6.65. The van der Waals surface area contributed by atoms with Crippen molar-refractivity contribution in [2.75, 3.05) is 24.8 Å². The van der Waals surface area contributed by atoms with E-state index in [0.29, 0.717) is 28.8 Å². The Morgan fingerprint density at radius 3 is 2.69 bits per heavy atom. The van der Waals surface area contributed by atoms with Crippen molar-refractivity contribution in [2.45, 2.75) is 12.1 Å². The van der Waals surface area contributed by atoms with Gasteiger partial charge < -0.3 is 14.8 Å². The fraction of sp³-hybridized carbons (Fsp3) is 0.211. The number of ether oxygens (including phenoxy) is 2. The number of rotatable bonds is 8. The fourth-order valence-electron chi connectivity index (χ4n) is 2.40. The van der Waals surface area contributed by atoms with Crippen molar-refractivity contribution < 1.29 is 19.1 Å². The highest BCUT2D eigenvalue weighted by Crippen LogP contribution is 2.21. The number of amides is 1. The number of aromatic nitrogens is 4. The van der Waals surface area contributed by atoms with E-state index in [4.69, 9.17) is 9.47 Å². The molecule has 1 aromatic heterocycles. The number of methoxy groups -OCH3 is 1. The maximum Gasteiger partial charge on any atom is 0.338 e. The summed E-state index contributed by atoms with van der Waals surface area (Å²) in [4.78, 5) is 23.9. The number of hydrogen-bond acceptors (Lipinski definition) is 8. The molecule has 10 heteroatoms. The molecular formula is C19H19N5O4S. The minimum atomic E-state index is -0.398. The van der Waals surface area contributed by atoms with E-state index in [1.807, 2.05) is 18.2 Å². The molecule has 1 heterocycles. The van der Waals surface area contributed by atoms with E-state index in [1.165, 1.54) is 16.4 Å². The van der Waals surface area contributed by atoms with Gasteiger partial charge in [-0.1, -0.05) is 17.8 Å². The van der Waals surface area contributed by atoms with Crippen molar-refractivity contribution in [1.29, 1.82) is 0 Å². The number of nitrogens with zero attached hydrogens (tertiary/aromatic N) is 4. The minimum absolute atomic E-state index is 0.115. The van der Waals surface area contributed by atoms with Crippen LogP contribution in [0.1, 0.15) is 17.3 Å². The Kier molecular flexibility index (Phi) is 6.80. The molecule has 0 fully saturated rings. The quantitative estimate of drug-likeness (QED) is 0.443. The first-order chi connectivity index (χ1) is 14.1. The summed E-state index contributed by atoms with van der Waals surface area (Å²) in [6.07, 6.45) is 0. The third-order valence-electron chi connectivity index (χ3n) is 3.75. The SMILES string of the molecule is CCOC(=O)c1ccc(NC(=O)CSc2nnnn2-c2cccc(OC)c2)cc1. The summed E-state index contributed by atoms with van der Waals surface area (Å²) in [7, 11) is 1.58. The van der Waals surface area contributed by atoms with E-state index in [-0.39, 0.29) is 11.7 Å². The maximum atomic E-state index is 12.3. The van der Waals surface area contributed by atoms with Crippen molar-refractivity contribution >= 4 is 29.3 Å². The number of carbonyl (C=O) groups is 2. The molecule has 3 aromatic rings. The van der Waals surface area contributed by atoms with Gasteiger partial charge in [-0.15, -0.1) is 5.10 Å². The summed E-state index contributed by atoms with van der Waals surface area (Å²) < 4.78 is 11.7. The molecule has 0 bridgehead atoms. The van der Waals surface area contributed by atoms with Crippen LogP contribution < -0.4 is 10.1 Å². The first-order valence-electron chi connectivity index (χ1n) is 8.73. The van der Waals surface area contributed by atoms with Crippen molar-refractivity contribution in [3.05, 3.63) is 54.1 Å². The number of carbonyl (C=O) groups excluding carboxylic acids is 2. The summed E-state index contributed by atoms with van der Waals surface area (Å²) in [5, 5.41) is 14.9. The molecule has 0 saturated heterocycles. The molecule has 150 valence electrons. The second kappa shape index (κ2) is 9.69. The van der Waals surface area contributed by atoms with E-state index < -0.39 is 5.97 Å². The average molecular weight is 413 g/mol. The first kappa shape index (κ1) is 20.3. The van der Waals surface area contributed by atoms with Gasteiger partial charge in [0.25, 0.3) is 0 Å². The smallest absolute Gasteiger partial charge is 0.338 e. The number of anilines is 1. The first-order valence-corrected chi connectivity index (χ1v) is 9.72. The summed E-state index contributed by atoms with van der Waals surface area (Å²) in [5.74, 6) is 0.173. The lowest BCUT2D eigenvalue weighted by Crippen LogP contribution is -2.15. The number of thioether (sulfide) groups is 1. The van der Waals surface area contributed by atoms with E-state index in [2.05, 4.69) is 20.8 Å². The lowest BCUT2D eigenvalue weighted by molar-refractivity contribution is -0.113. The predicted octanol–water partition coefficient (Wildman–Crippen LogP) is 2.58.